The van der Waals surface area contributed by atoms with E-state index < -0.39 is 6.16 Å². The molecule has 0 aliphatic heterocycles. The van der Waals surface area contributed by atoms with Gasteiger partial charge in [-0.15, -0.1) is 0 Å². The Balaban J connectivity index is -0.0000000150. The number of carbonyl (C=O) groups is 1. The molecule has 0 spiro atoms. The van der Waals surface area contributed by atoms with Crippen molar-refractivity contribution in [3.63, 3.8) is 0 Å². The van der Waals surface area contributed by atoms with Gasteiger partial charge in [-0.05, 0) is 0 Å². The summed E-state index contributed by atoms with van der Waals surface area (Å²) < 4.78 is 0. The molecule has 0 heterocycles. The molecule has 0 aromatic rings. The second-order valence-corrected chi connectivity index (χ2v) is 0.283. The summed E-state index contributed by atoms with van der Waals surface area (Å²) in [6.07, 6.45) is -1.83. The van der Waals surface area contributed by atoms with E-state index in [2.05, 4.69) is 0 Å². The van der Waals surface area contributed by atoms with Gasteiger partial charge >= 0.3 is 113 Å². The Labute approximate surface area is 129 Å². The SMILES string of the molecule is F.O=C(O)O.[CaH2].[CsH]. The molecular formula is CH6CaCsFO3. The summed E-state index contributed by atoms with van der Waals surface area (Å²) >= 11 is 0. The van der Waals surface area contributed by atoms with Crippen molar-refractivity contribution in [1.29, 1.82) is 0 Å². The topological polar surface area (TPSA) is 57.5 Å². The molecule has 0 aliphatic carbocycles. The maximum absolute atomic E-state index is 8.56. The first-order valence-electron chi connectivity index (χ1n) is 0.651. The van der Waals surface area contributed by atoms with Crippen LogP contribution in [0.4, 0.5) is 9.50 Å². The van der Waals surface area contributed by atoms with Crippen LogP contribution in [0.25, 0.3) is 0 Å². The van der Waals surface area contributed by atoms with Crippen LogP contribution >= 0.6 is 0 Å². The average Bonchev–Trinajstić information content (AvgIpc) is 0.811. The standard InChI is InChI=1S/CH2O3.Ca.Cs.FH.3H/c2-1(3)4;;;;;;/h(H2,2,3,4);;;1H;;;. The van der Waals surface area contributed by atoms with Crippen LogP contribution in [0.3, 0.4) is 0 Å². The molecule has 0 aromatic heterocycles. The van der Waals surface area contributed by atoms with Gasteiger partial charge in [-0.25, -0.2) is 4.79 Å². The summed E-state index contributed by atoms with van der Waals surface area (Å²) in [5.74, 6) is 0. The van der Waals surface area contributed by atoms with Crippen LogP contribution in [0.1, 0.15) is 0 Å². The van der Waals surface area contributed by atoms with Crippen molar-refractivity contribution in [2.75, 3.05) is 0 Å². The first-order chi connectivity index (χ1) is 1.73. The molecule has 0 saturated heterocycles. The molecule has 6 heteroatoms. The van der Waals surface area contributed by atoms with Crippen LogP contribution in [0.5, 0.6) is 0 Å². The van der Waals surface area contributed by atoms with Gasteiger partial charge in [0.2, 0.25) is 0 Å². The minimum atomic E-state index is -1.83. The van der Waals surface area contributed by atoms with E-state index >= 15 is 0 Å². The summed E-state index contributed by atoms with van der Waals surface area (Å²) in [7, 11) is 0. The van der Waals surface area contributed by atoms with E-state index in [0.717, 1.165) is 0 Å². The molecule has 2 N–H and O–H groups in total. The fraction of sp³-hybridized carbons (Fsp3) is 0. The Bertz CT molecular complexity index is 37.9. The Hall–Kier alpha value is 2.51. The third-order valence-electron chi connectivity index (χ3n) is 0. The van der Waals surface area contributed by atoms with E-state index in [4.69, 9.17) is 15.0 Å². The zero-order valence-corrected chi connectivity index (χ0v) is 2.21. The van der Waals surface area contributed by atoms with Crippen molar-refractivity contribution in [2.24, 2.45) is 0 Å². The molecule has 0 unspecified atom stereocenters. The van der Waals surface area contributed by atoms with Gasteiger partial charge in [0.05, 0.1) is 0 Å². The maximum atomic E-state index is 8.56. The predicted octanol–water partition coefficient (Wildman–Crippen LogP) is -1.19. The fourth-order valence-corrected chi connectivity index (χ4v) is 0. The summed E-state index contributed by atoms with van der Waals surface area (Å²) in [5.41, 5.74) is 0. The average molecular weight is 258 g/mol. The molecule has 0 aromatic carbocycles. The van der Waals surface area contributed by atoms with Crippen molar-refractivity contribution < 1.29 is 19.7 Å². The Morgan fingerprint density at radius 1 is 1.29 bits per heavy atom. The molecular weight excluding hydrogens is 252 g/mol. The van der Waals surface area contributed by atoms with Crippen LogP contribution < -0.4 is 0 Å². The molecule has 38 valence electrons. The number of rotatable bonds is 0. The molecule has 3 nitrogen and oxygen atoms in total. The molecule has 0 atom stereocenters. The summed E-state index contributed by atoms with van der Waals surface area (Å²) in [5, 5.41) is 13.9. The van der Waals surface area contributed by atoms with Gasteiger partial charge in [-0.3, -0.25) is 4.70 Å². The van der Waals surface area contributed by atoms with E-state index in [1.54, 1.807) is 0 Å². The second kappa shape index (κ2) is 15.8. The quantitative estimate of drug-likeness (QED) is 0.537. The van der Waals surface area contributed by atoms with E-state index in [9.17, 15) is 0 Å². The molecule has 0 amide bonds. The third kappa shape index (κ3) is 57.2. The summed E-state index contributed by atoms with van der Waals surface area (Å²) in [6, 6.07) is 0. The molecule has 0 fully saturated rings. The van der Waals surface area contributed by atoms with E-state index in [1.165, 1.54) is 0 Å². The van der Waals surface area contributed by atoms with Crippen LogP contribution in [-0.2, 0) is 0 Å². The second-order valence-electron chi connectivity index (χ2n) is 0.283. The van der Waals surface area contributed by atoms with Gasteiger partial charge in [0, 0.05) is 0 Å². The van der Waals surface area contributed by atoms with Gasteiger partial charge in [0.1, 0.15) is 0 Å². The van der Waals surface area contributed by atoms with Gasteiger partial charge in [-0.2, -0.15) is 0 Å². The summed E-state index contributed by atoms with van der Waals surface area (Å²) in [4.78, 5) is 8.56. The molecule has 7 heavy (non-hydrogen) atoms. The summed E-state index contributed by atoms with van der Waals surface area (Å²) in [6.45, 7) is 0. The van der Waals surface area contributed by atoms with E-state index in [-0.39, 0.29) is 111 Å². The Morgan fingerprint density at radius 3 is 1.29 bits per heavy atom. The molecule has 0 aliphatic rings. The van der Waals surface area contributed by atoms with Crippen LogP contribution in [0.15, 0.2) is 0 Å². The normalized spacial score (nSPS) is 3.43. The monoisotopic (exact) mass is 258 g/mol. The number of carboxylic acid groups (broad SMARTS) is 2. The molecule has 0 radical (unpaired) electrons. The van der Waals surface area contributed by atoms with Crippen molar-refractivity contribution >= 4 is 113 Å². The zero-order chi connectivity index (χ0) is 3.58. The van der Waals surface area contributed by atoms with Crippen LogP contribution in [0, 0.1) is 0 Å². The van der Waals surface area contributed by atoms with Crippen molar-refractivity contribution in [3.05, 3.63) is 0 Å². The van der Waals surface area contributed by atoms with Crippen molar-refractivity contribution in [1.82, 2.24) is 0 Å². The van der Waals surface area contributed by atoms with Gasteiger partial charge in [0.15, 0.2) is 0 Å². The third-order valence-corrected chi connectivity index (χ3v) is 0. The van der Waals surface area contributed by atoms with E-state index in [1.807, 2.05) is 0 Å². The molecule has 0 rings (SSSR count). The number of halogens is 1. The Morgan fingerprint density at radius 2 is 1.29 bits per heavy atom. The van der Waals surface area contributed by atoms with E-state index in [0.29, 0.717) is 0 Å². The van der Waals surface area contributed by atoms with Crippen molar-refractivity contribution in [3.8, 4) is 0 Å². The number of hydrogen-bond donors (Lipinski definition) is 2. The minimum absolute atomic E-state index is 0. The zero-order valence-electron chi connectivity index (χ0n) is 2.21. The van der Waals surface area contributed by atoms with Crippen LogP contribution in [0.2, 0.25) is 0 Å². The number of hydrogen-bond acceptors (Lipinski definition) is 1. The van der Waals surface area contributed by atoms with Crippen molar-refractivity contribution in [2.45, 2.75) is 0 Å². The first-order valence-corrected chi connectivity index (χ1v) is 0.651. The molecule has 0 saturated carbocycles. The van der Waals surface area contributed by atoms with Gasteiger partial charge in [-0.1, -0.05) is 0 Å². The predicted molar refractivity (Wildman–Crippen MR) is 28.8 cm³/mol. The Kier molecular flexibility index (Phi) is 51.2. The first kappa shape index (κ1) is 22.7. The fourth-order valence-electron chi connectivity index (χ4n) is 0. The van der Waals surface area contributed by atoms with Gasteiger partial charge < -0.3 is 10.2 Å². The van der Waals surface area contributed by atoms with Gasteiger partial charge in [0.25, 0.3) is 0 Å². The molecule has 0 bridgehead atoms. The van der Waals surface area contributed by atoms with Crippen LogP contribution in [-0.4, -0.2) is 123 Å².